The smallest absolute Gasteiger partial charge is 0.347 e. The van der Waals surface area contributed by atoms with Gasteiger partial charge in [-0.15, -0.1) is 0 Å². The van der Waals surface area contributed by atoms with Crippen LogP contribution >= 0.6 is 0 Å². The van der Waals surface area contributed by atoms with Crippen LogP contribution in [0.1, 0.15) is 26.2 Å². The Bertz CT molecular complexity index is 185. The molecule has 0 saturated heterocycles. The Labute approximate surface area is 76.3 Å². The molecule has 0 aromatic heterocycles. The molecule has 0 aliphatic carbocycles. The van der Waals surface area contributed by atoms with Crippen molar-refractivity contribution in [3.8, 4) is 0 Å². The van der Waals surface area contributed by atoms with Gasteiger partial charge in [0.05, 0.1) is 0 Å². The fraction of sp³-hybridized carbons (Fsp3) is 0.750. The van der Waals surface area contributed by atoms with Crippen LogP contribution in [0.4, 0.5) is 0 Å². The van der Waals surface area contributed by atoms with Crippen molar-refractivity contribution >= 4 is 11.9 Å². The first-order valence-electron chi connectivity index (χ1n) is 4.03. The first-order chi connectivity index (χ1) is 6.01. The van der Waals surface area contributed by atoms with Crippen molar-refractivity contribution in [2.24, 2.45) is 0 Å². The van der Waals surface area contributed by atoms with Gasteiger partial charge in [-0.05, 0) is 12.8 Å². The maximum absolute atomic E-state index is 10.7. The monoisotopic (exact) mass is 190 g/mol. The normalized spacial score (nSPS) is 11.2. The Hall–Kier alpha value is -1.10. The average molecular weight is 190 g/mol. The lowest BCUT2D eigenvalue weighted by Crippen LogP contribution is -2.48. The molecule has 0 aromatic carbocycles. The first-order valence-corrected chi connectivity index (χ1v) is 4.03. The lowest BCUT2D eigenvalue weighted by atomic mass is 9.97. The third-order valence-electron chi connectivity index (χ3n) is 1.92. The largest absolute Gasteiger partial charge is 0.479 e. The van der Waals surface area contributed by atoms with E-state index in [9.17, 15) is 9.59 Å². The Kier molecular flexibility index (Phi) is 4.40. The van der Waals surface area contributed by atoms with Gasteiger partial charge in [-0.2, -0.15) is 0 Å². The van der Waals surface area contributed by atoms with Crippen LogP contribution in [0, 0.1) is 0 Å². The van der Waals surface area contributed by atoms with Crippen LogP contribution in [-0.2, 0) is 14.3 Å². The fourth-order valence-electron chi connectivity index (χ4n) is 1.01. The third-order valence-corrected chi connectivity index (χ3v) is 1.92. The third kappa shape index (κ3) is 2.42. The summed E-state index contributed by atoms with van der Waals surface area (Å²) in [6.45, 7) is 1.85. The van der Waals surface area contributed by atoms with Crippen LogP contribution in [0.3, 0.4) is 0 Å². The second-order valence-corrected chi connectivity index (χ2v) is 2.74. The molecule has 0 saturated carbocycles. The van der Waals surface area contributed by atoms with Gasteiger partial charge in [-0.25, -0.2) is 9.59 Å². The molecule has 2 N–H and O–H groups in total. The van der Waals surface area contributed by atoms with Gasteiger partial charge >= 0.3 is 11.9 Å². The molecule has 0 heterocycles. The quantitative estimate of drug-likeness (QED) is 0.603. The number of ether oxygens (including phenoxy) is 1. The summed E-state index contributed by atoms with van der Waals surface area (Å²) >= 11 is 0. The topological polar surface area (TPSA) is 83.8 Å². The van der Waals surface area contributed by atoms with Crippen LogP contribution in [0.2, 0.25) is 0 Å². The van der Waals surface area contributed by atoms with Crippen LogP contribution in [-0.4, -0.2) is 34.9 Å². The molecular weight excluding hydrogens is 176 g/mol. The van der Waals surface area contributed by atoms with Gasteiger partial charge in [0.1, 0.15) is 0 Å². The minimum absolute atomic E-state index is 0.00926. The van der Waals surface area contributed by atoms with E-state index in [1.165, 1.54) is 0 Å². The van der Waals surface area contributed by atoms with Gasteiger partial charge in [-0.1, -0.05) is 13.3 Å². The maximum Gasteiger partial charge on any atom is 0.347 e. The highest BCUT2D eigenvalue weighted by atomic mass is 16.5. The number of rotatable bonds is 6. The molecule has 0 rings (SSSR count). The number of carboxylic acids is 2. The summed E-state index contributed by atoms with van der Waals surface area (Å²) < 4.78 is 4.56. The summed E-state index contributed by atoms with van der Waals surface area (Å²) in [6.07, 6.45) is 1.22. The molecule has 0 aliphatic rings. The molecule has 76 valence electrons. The van der Waals surface area contributed by atoms with E-state index in [2.05, 4.69) is 4.74 Å². The zero-order valence-corrected chi connectivity index (χ0v) is 7.74. The van der Waals surface area contributed by atoms with E-state index >= 15 is 0 Å². The summed E-state index contributed by atoms with van der Waals surface area (Å²) in [5.41, 5.74) is -2.07. The van der Waals surface area contributed by atoms with Gasteiger partial charge in [0, 0.05) is 7.11 Å². The van der Waals surface area contributed by atoms with Crippen LogP contribution < -0.4 is 0 Å². The van der Waals surface area contributed by atoms with Crippen molar-refractivity contribution in [2.75, 3.05) is 7.11 Å². The SMILES string of the molecule is CCCCC(OC)(C(=O)O)C(=O)O. The molecular formula is C8H14O5. The first kappa shape index (κ1) is 11.9. The summed E-state index contributed by atoms with van der Waals surface area (Å²) in [6, 6.07) is 0. The van der Waals surface area contributed by atoms with Gasteiger partial charge in [0.25, 0.3) is 5.60 Å². The standard InChI is InChI=1S/C8H14O5/c1-3-4-5-8(13-2,6(9)10)7(11)12/h3-5H2,1-2H3,(H,9,10)(H,11,12). The average Bonchev–Trinajstić information content (AvgIpc) is 2.05. The van der Waals surface area contributed by atoms with E-state index in [0.717, 1.165) is 13.5 Å². The van der Waals surface area contributed by atoms with Crippen molar-refractivity contribution in [1.82, 2.24) is 0 Å². The number of unbranched alkanes of at least 4 members (excludes halogenated alkanes) is 1. The van der Waals surface area contributed by atoms with Crippen molar-refractivity contribution in [1.29, 1.82) is 0 Å². The van der Waals surface area contributed by atoms with E-state index < -0.39 is 17.5 Å². The molecule has 5 nitrogen and oxygen atoms in total. The zero-order chi connectivity index (χ0) is 10.5. The van der Waals surface area contributed by atoms with Gasteiger partial charge < -0.3 is 14.9 Å². The summed E-state index contributed by atoms with van der Waals surface area (Å²) in [7, 11) is 1.10. The number of hydrogen-bond acceptors (Lipinski definition) is 3. The second kappa shape index (κ2) is 4.81. The Balaban J connectivity index is 4.66. The van der Waals surface area contributed by atoms with Crippen LogP contribution in [0.25, 0.3) is 0 Å². The number of methoxy groups -OCH3 is 1. The number of aliphatic carboxylic acids is 2. The number of carbonyl (C=O) groups is 2. The Morgan fingerprint density at radius 1 is 1.31 bits per heavy atom. The predicted octanol–water partition coefficient (Wildman–Crippen LogP) is 0.731. The highest BCUT2D eigenvalue weighted by Crippen LogP contribution is 2.19. The molecule has 13 heavy (non-hydrogen) atoms. The van der Waals surface area contributed by atoms with Crippen LogP contribution in [0.5, 0.6) is 0 Å². The van der Waals surface area contributed by atoms with E-state index in [1.54, 1.807) is 0 Å². The van der Waals surface area contributed by atoms with Crippen LogP contribution in [0.15, 0.2) is 0 Å². The van der Waals surface area contributed by atoms with Crippen molar-refractivity contribution in [2.45, 2.75) is 31.8 Å². The molecule has 5 heteroatoms. The highest BCUT2D eigenvalue weighted by molar-refractivity contribution is 6.01. The van der Waals surface area contributed by atoms with Crippen molar-refractivity contribution in [3.05, 3.63) is 0 Å². The molecule has 0 amide bonds. The van der Waals surface area contributed by atoms with E-state index in [1.807, 2.05) is 6.92 Å². The van der Waals surface area contributed by atoms with E-state index in [0.29, 0.717) is 6.42 Å². The van der Waals surface area contributed by atoms with E-state index in [-0.39, 0.29) is 6.42 Å². The van der Waals surface area contributed by atoms with Gasteiger partial charge in [0.15, 0.2) is 0 Å². The molecule has 0 bridgehead atoms. The molecule has 0 atom stereocenters. The molecule has 0 fully saturated rings. The number of carboxylic acid groups (broad SMARTS) is 2. The van der Waals surface area contributed by atoms with Crippen molar-refractivity contribution in [3.63, 3.8) is 0 Å². The summed E-state index contributed by atoms with van der Waals surface area (Å²) in [4.78, 5) is 21.4. The van der Waals surface area contributed by atoms with Crippen molar-refractivity contribution < 1.29 is 24.5 Å². The zero-order valence-electron chi connectivity index (χ0n) is 7.74. The predicted molar refractivity (Wildman–Crippen MR) is 44.5 cm³/mol. The molecule has 0 spiro atoms. The molecule has 0 aromatic rings. The van der Waals surface area contributed by atoms with Gasteiger partial charge in [0.2, 0.25) is 0 Å². The minimum atomic E-state index is -2.07. The molecule has 0 radical (unpaired) electrons. The molecule has 0 aliphatic heterocycles. The lowest BCUT2D eigenvalue weighted by molar-refractivity contribution is -0.180. The van der Waals surface area contributed by atoms with Gasteiger partial charge in [-0.3, -0.25) is 0 Å². The minimum Gasteiger partial charge on any atom is -0.479 e. The number of hydrogen-bond donors (Lipinski definition) is 2. The maximum atomic E-state index is 10.7. The lowest BCUT2D eigenvalue weighted by Gasteiger charge is -2.22. The Morgan fingerprint density at radius 3 is 2.00 bits per heavy atom. The summed E-state index contributed by atoms with van der Waals surface area (Å²) in [5.74, 6) is -2.90. The Morgan fingerprint density at radius 2 is 1.77 bits per heavy atom. The second-order valence-electron chi connectivity index (χ2n) is 2.74. The van der Waals surface area contributed by atoms with E-state index in [4.69, 9.17) is 10.2 Å². The summed E-state index contributed by atoms with van der Waals surface area (Å²) in [5, 5.41) is 17.4. The highest BCUT2D eigenvalue weighted by Gasteiger charge is 2.46. The fourth-order valence-corrected chi connectivity index (χ4v) is 1.01. The molecule has 0 unspecified atom stereocenters.